The molecule has 0 radical (unpaired) electrons. The molecule has 184 valence electrons. The lowest BCUT2D eigenvalue weighted by Gasteiger charge is -2.12. The molecule has 0 atom stereocenters. The van der Waals surface area contributed by atoms with Crippen LogP contribution in [0.5, 0.6) is 11.5 Å². The Labute approximate surface area is 212 Å². The highest BCUT2D eigenvalue weighted by Crippen LogP contribution is 2.30. The van der Waals surface area contributed by atoms with E-state index in [9.17, 15) is 10.1 Å². The Morgan fingerprint density at radius 2 is 1.19 bits per heavy atom. The van der Waals surface area contributed by atoms with Crippen molar-refractivity contribution in [2.45, 2.75) is 0 Å². The third-order valence-corrected chi connectivity index (χ3v) is 4.57. The van der Waals surface area contributed by atoms with Gasteiger partial charge in [0.05, 0.1) is 4.92 Å². The average molecular weight is 497 g/mol. The molecule has 0 N–H and O–H groups in total. The van der Waals surface area contributed by atoms with Crippen LogP contribution in [-0.4, -0.2) is 4.92 Å². The van der Waals surface area contributed by atoms with E-state index in [-0.39, 0.29) is 17.6 Å². The minimum Gasteiger partial charge on any atom is -0.424 e. The Kier molecular flexibility index (Phi) is 8.79. The van der Waals surface area contributed by atoms with Gasteiger partial charge in [-0.15, -0.1) is 0 Å². The van der Waals surface area contributed by atoms with Crippen molar-refractivity contribution in [1.82, 2.24) is 0 Å². The Morgan fingerprint density at radius 3 is 1.57 bits per heavy atom. The zero-order valence-corrected chi connectivity index (χ0v) is 19.3. The quantitative estimate of drug-likeness (QED) is 0.0755. The fraction of sp³-hybridized carbons (Fsp3) is 0. The van der Waals surface area contributed by atoms with E-state index >= 15 is 0 Å². The fourth-order valence-electron chi connectivity index (χ4n) is 3.04. The Bertz CT molecular complexity index is 1300. The van der Waals surface area contributed by atoms with Crippen LogP contribution in [0.25, 0.3) is 11.6 Å². The first-order valence-corrected chi connectivity index (χ1v) is 10.4. The molecule has 0 amide bonds. The molecule has 0 aromatic heterocycles. The zero-order valence-electron chi connectivity index (χ0n) is 19.3. The van der Waals surface area contributed by atoms with Gasteiger partial charge in [0.25, 0.3) is 5.69 Å². The second kappa shape index (κ2) is 12.6. The maximum absolute atomic E-state index is 11.0. The first-order chi connectivity index (χ1) is 17.9. The first-order valence-electron chi connectivity index (χ1n) is 10.4. The third kappa shape index (κ3) is 7.60. The normalized spacial score (nSPS) is 9.46. The molecular formula is C28H19NO8. The van der Waals surface area contributed by atoms with E-state index in [0.29, 0.717) is 11.5 Å². The summed E-state index contributed by atoms with van der Waals surface area (Å²) in [7, 11) is 0. The van der Waals surface area contributed by atoms with E-state index in [1.807, 2.05) is 42.6 Å². The lowest BCUT2D eigenvalue weighted by atomic mass is 9.95. The number of hydrogen-bond acceptors (Lipinski definition) is 8. The number of non-ortho nitro benzene ring substituents is 1. The molecule has 0 aliphatic carbocycles. The summed E-state index contributed by atoms with van der Waals surface area (Å²) in [6.45, 7) is 7.09. The summed E-state index contributed by atoms with van der Waals surface area (Å²) in [4.78, 5) is 28.5. The average Bonchev–Trinajstić information content (AvgIpc) is 2.91. The lowest BCUT2D eigenvalue weighted by Crippen LogP contribution is -1.99. The highest BCUT2D eigenvalue weighted by molar-refractivity contribution is 5.91. The highest BCUT2D eigenvalue weighted by atomic mass is 17.2. The van der Waals surface area contributed by atoms with Crippen LogP contribution in [0.2, 0.25) is 0 Å². The second-order valence-electron chi connectivity index (χ2n) is 6.97. The van der Waals surface area contributed by atoms with Gasteiger partial charge in [-0.2, -0.15) is 0 Å². The van der Waals surface area contributed by atoms with Gasteiger partial charge in [-0.05, 0) is 77.9 Å². The predicted molar refractivity (Wildman–Crippen MR) is 134 cm³/mol. The molecule has 0 saturated carbocycles. The number of nitro groups is 1. The molecule has 9 heteroatoms. The van der Waals surface area contributed by atoms with Gasteiger partial charge in [0.1, 0.15) is 11.5 Å². The van der Waals surface area contributed by atoms with Gasteiger partial charge in [0.15, 0.2) is 12.2 Å². The molecule has 0 aliphatic rings. The Hall–Kier alpha value is -5.80. The van der Waals surface area contributed by atoms with Gasteiger partial charge >= 0.3 is 11.9 Å². The molecule has 9 nitrogen and oxygen atoms in total. The summed E-state index contributed by atoms with van der Waals surface area (Å²) in [5.74, 6) is 0.586. The molecule has 3 rings (SSSR count). The van der Waals surface area contributed by atoms with E-state index in [4.69, 9.17) is 22.3 Å². The maximum atomic E-state index is 11.0. The van der Waals surface area contributed by atoms with Crippen molar-refractivity contribution < 1.29 is 33.9 Å². The minimum atomic E-state index is -0.454. The highest BCUT2D eigenvalue weighted by Gasteiger charge is 2.10. The molecule has 0 saturated heterocycles. The molecule has 37 heavy (non-hydrogen) atoms. The molecule has 0 aliphatic heterocycles. The topological polar surface area (TPSA) is 98.5 Å². The van der Waals surface area contributed by atoms with E-state index in [2.05, 4.69) is 32.7 Å². The van der Waals surface area contributed by atoms with Crippen molar-refractivity contribution in [3.63, 3.8) is 0 Å². The smallest absolute Gasteiger partial charge is 0.329 e. The number of rotatable bonds is 12. The summed E-state index contributed by atoms with van der Waals surface area (Å²) in [5.41, 5.74) is 3.20. The second-order valence-corrected chi connectivity index (χ2v) is 6.97. The monoisotopic (exact) mass is 497 g/mol. The van der Waals surface area contributed by atoms with E-state index in [1.54, 1.807) is 36.4 Å². The number of nitro benzene ring substituents is 1. The van der Waals surface area contributed by atoms with Gasteiger partial charge < -0.3 is 9.47 Å². The number of nitrogens with zero attached hydrogens (tertiary/aromatic N) is 1. The van der Waals surface area contributed by atoms with Crippen molar-refractivity contribution in [2.75, 3.05) is 0 Å². The van der Waals surface area contributed by atoms with E-state index in [1.165, 1.54) is 12.1 Å². The van der Waals surface area contributed by atoms with Crippen molar-refractivity contribution in [1.29, 1.82) is 0 Å². The van der Waals surface area contributed by atoms with Crippen LogP contribution in [0.15, 0.2) is 97.8 Å². The number of hydrogen-bond donors (Lipinski definition) is 0. The van der Waals surface area contributed by atoms with Crippen molar-refractivity contribution >= 4 is 17.3 Å². The minimum absolute atomic E-state index is 0.00534. The summed E-state index contributed by atoms with van der Waals surface area (Å²) in [5, 5.41) is 11.0. The summed E-state index contributed by atoms with van der Waals surface area (Å²) < 4.78 is 10.8. The molecule has 0 spiro atoms. The van der Waals surface area contributed by atoms with Crippen molar-refractivity contribution in [3.05, 3.63) is 125 Å². The number of terminal acetylenes is 2. The SMILES string of the molecule is C#COOC(=C)Oc1ccc(C(=Cc2ccc([N+](=O)[O-])cc2)c2ccc(OC(=C)OOC#C)cc2)cc1. The fourth-order valence-corrected chi connectivity index (χ4v) is 3.04. The van der Waals surface area contributed by atoms with Crippen LogP contribution in [0, 0.1) is 35.2 Å². The molecule has 0 heterocycles. The Morgan fingerprint density at radius 1 is 0.757 bits per heavy atom. The summed E-state index contributed by atoms with van der Waals surface area (Å²) in [6.07, 6.45) is 15.5. The number of ether oxygens (including phenoxy) is 2. The van der Waals surface area contributed by atoms with Gasteiger partial charge in [-0.25, -0.2) is 19.6 Å². The summed E-state index contributed by atoms with van der Waals surface area (Å²) in [6, 6.07) is 20.3. The molecule has 0 unspecified atom stereocenters. The van der Waals surface area contributed by atoms with Gasteiger partial charge in [-0.1, -0.05) is 37.1 Å². The molecule has 0 bridgehead atoms. The van der Waals surface area contributed by atoms with Crippen LogP contribution in [-0.2, 0) is 19.6 Å². The predicted octanol–water partition coefficient (Wildman–Crippen LogP) is 5.96. The van der Waals surface area contributed by atoms with Crippen LogP contribution in [0.1, 0.15) is 16.7 Å². The van der Waals surface area contributed by atoms with Crippen molar-refractivity contribution in [3.8, 4) is 36.6 Å². The Balaban J connectivity index is 1.90. The molecule has 0 fully saturated rings. The largest absolute Gasteiger partial charge is 0.424 e. The zero-order chi connectivity index (χ0) is 26.6. The van der Waals surface area contributed by atoms with Crippen LogP contribution >= 0.6 is 0 Å². The van der Waals surface area contributed by atoms with E-state index < -0.39 is 4.92 Å². The van der Waals surface area contributed by atoms with Crippen molar-refractivity contribution in [2.24, 2.45) is 0 Å². The van der Waals surface area contributed by atoms with Crippen LogP contribution in [0.3, 0.4) is 0 Å². The first kappa shape index (κ1) is 25.8. The lowest BCUT2D eigenvalue weighted by molar-refractivity contribution is -0.384. The molecular weight excluding hydrogens is 478 g/mol. The van der Waals surface area contributed by atoms with Gasteiger partial charge in [-0.3, -0.25) is 10.1 Å². The van der Waals surface area contributed by atoms with E-state index in [0.717, 1.165) is 22.3 Å². The van der Waals surface area contributed by atoms with Gasteiger partial charge in [0, 0.05) is 12.1 Å². The summed E-state index contributed by atoms with van der Waals surface area (Å²) >= 11 is 0. The number of benzene rings is 3. The van der Waals surface area contributed by atoms with Gasteiger partial charge in [0.2, 0.25) is 0 Å². The maximum Gasteiger partial charge on any atom is 0.329 e. The molecule has 3 aromatic carbocycles. The van der Waals surface area contributed by atoms with Crippen LogP contribution < -0.4 is 9.47 Å². The van der Waals surface area contributed by atoms with Crippen LogP contribution in [0.4, 0.5) is 5.69 Å². The molecule has 3 aromatic rings. The standard InChI is InChI=1S/C28H19NO8/c1-5-32-36-20(3)34-26-15-9-23(10-16-26)28(19-22-7-13-25(14-8-22)29(30)31)24-11-17-27(18-12-24)35-21(4)37-33-6-2/h1-2,7-19H,3-4H2. The third-order valence-electron chi connectivity index (χ3n) is 4.57.